The number of nitrogens with one attached hydrogen (secondary N) is 1. The van der Waals surface area contributed by atoms with Crippen molar-refractivity contribution in [3.63, 3.8) is 0 Å². The van der Waals surface area contributed by atoms with Crippen molar-refractivity contribution in [1.29, 1.82) is 0 Å². The van der Waals surface area contributed by atoms with E-state index in [0.717, 1.165) is 24.4 Å². The molecule has 0 unspecified atom stereocenters. The normalized spacial score (nSPS) is 20.9. The molecular formula is C17H17F3N2O3S. The minimum atomic E-state index is -3.96. The van der Waals surface area contributed by atoms with Gasteiger partial charge in [0, 0.05) is 17.7 Å². The first-order valence-corrected chi connectivity index (χ1v) is 9.56. The highest BCUT2D eigenvalue weighted by Crippen LogP contribution is 2.27. The number of aliphatic hydroxyl groups is 1. The molecular weight excluding hydrogens is 369 g/mol. The summed E-state index contributed by atoms with van der Waals surface area (Å²) in [7, 11) is -3.96. The Balaban J connectivity index is 1.84. The molecule has 5 nitrogen and oxygen atoms in total. The van der Waals surface area contributed by atoms with Crippen molar-refractivity contribution in [3.8, 4) is 11.3 Å². The van der Waals surface area contributed by atoms with Crippen LogP contribution in [0.5, 0.6) is 0 Å². The van der Waals surface area contributed by atoms with Gasteiger partial charge in [-0.25, -0.2) is 26.3 Å². The molecule has 0 amide bonds. The Morgan fingerprint density at radius 2 is 1.73 bits per heavy atom. The summed E-state index contributed by atoms with van der Waals surface area (Å²) in [5.41, 5.74) is -0.663. The van der Waals surface area contributed by atoms with Crippen LogP contribution in [-0.2, 0) is 10.0 Å². The van der Waals surface area contributed by atoms with Gasteiger partial charge >= 0.3 is 0 Å². The van der Waals surface area contributed by atoms with Crippen molar-refractivity contribution in [2.75, 3.05) is 0 Å². The fourth-order valence-electron chi connectivity index (χ4n) is 2.95. The number of aliphatic hydroxyl groups excluding tert-OH is 1. The minimum absolute atomic E-state index is 0.262. The van der Waals surface area contributed by atoms with Crippen LogP contribution in [0, 0.1) is 17.5 Å². The van der Waals surface area contributed by atoms with Gasteiger partial charge in [0.15, 0.2) is 5.82 Å². The Labute approximate surface area is 148 Å². The summed E-state index contributed by atoms with van der Waals surface area (Å²) in [5.74, 6) is -2.92. The molecule has 2 aromatic rings. The monoisotopic (exact) mass is 386 g/mol. The van der Waals surface area contributed by atoms with E-state index in [1.807, 2.05) is 0 Å². The molecule has 9 heteroatoms. The highest BCUT2D eigenvalue weighted by Gasteiger charge is 2.26. The summed E-state index contributed by atoms with van der Waals surface area (Å²) in [6.07, 6.45) is 2.30. The second kappa shape index (κ2) is 7.34. The summed E-state index contributed by atoms with van der Waals surface area (Å²) in [5, 5.41) is 9.47. The average Bonchev–Trinajstić information content (AvgIpc) is 2.57. The number of halogens is 3. The zero-order valence-corrected chi connectivity index (χ0v) is 14.4. The van der Waals surface area contributed by atoms with Crippen LogP contribution in [0.3, 0.4) is 0 Å². The third-order valence-electron chi connectivity index (χ3n) is 4.33. The van der Waals surface area contributed by atoms with Gasteiger partial charge < -0.3 is 5.11 Å². The van der Waals surface area contributed by atoms with Crippen molar-refractivity contribution in [2.45, 2.75) is 42.7 Å². The topological polar surface area (TPSA) is 79.3 Å². The lowest BCUT2D eigenvalue weighted by Gasteiger charge is -2.26. The molecule has 0 bridgehead atoms. The van der Waals surface area contributed by atoms with Gasteiger partial charge in [-0.2, -0.15) is 0 Å². The maximum atomic E-state index is 14.4. The molecule has 0 aliphatic heterocycles. The number of hydrogen-bond donors (Lipinski definition) is 2. The number of pyridine rings is 1. The fourth-order valence-corrected chi connectivity index (χ4v) is 4.27. The predicted molar refractivity (Wildman–Crippen MR) is 88.1 cm³/mol. The van der Waals surface area contributed by atoms with Crippen LogP contribution >= 0.6 is 0 Å². The lowest BCUT2D eigenvalue weighted by Crippen LogP contribution is -2.38. The molecule has 1 aliphatic carbocycles. The van der Waals surface area contributed by atoms with Crippen molar-refractivity contribution in [1.82, 2.24) is 9.71 Å². The first-order valence-electron chi connectivity index (χ1n) is 8.07. The number of nitrogens with zero attached hydrogens (tertiary/aromatic N) is 1. The Morgan fingerprint density at radius 1 is 1.04 bits per heavy atom. The van der Waals surface area contributed by atoms with Crippen LogP contribution in [-0.4, -0.2) is 30.7 Å². The number of benzene rings is 1. The molecule has 26 heavy (non-hydrogen) atoms. The smallest absolute Gasteiger partial charge is 0.240 e. The van der Waals surface area contributed by atoms with Crippen LogP contribution in [0.2, 0.25) is 0 Å². The molecule has 140 valence electrons. The van der Waals surface area contributed by atoms with E-state index in [1.54, 1.807) is 0 Å². The van der Waals surface area contributed by atoms with Gasteiger partial charge in [0.05, 0.1) is 17.2 Å². The van der Waals surface area contributed by atoms with Crippen LogP contribution < -0.4 is 4.72 Å². The summed E-state index contributed by atoms with van der Waals surface area (Å²) >= 11 is 0. The highest BCUT2D eigenvalue weighted by atomic mass is 32.2. The minimum Gasteiger partial charge on any atom is -0.393 e. The van der Waals surface area contributed by atoms with E-state index in [4.69, 9.17) is 0 Å². The van der Waals surface area contributed by atoms with Gasteiger partial charge in [-0.05, 0) is 43.9 Å². The molecule has 1 saturated carbocycles. The molecule has 1 aromatic heterocycles. The Kier molecular flexibility index (Phi) is 5.31. The standard InChI is InChI=1S/C17H17F3N2O3S/c18-10-7-16(20)17(21-9-10)14-6-5-13(8-15(14)19)26(24,25)22-11-1-3-12(23)4-2-11/h5-9,11-12,22-23H,1-4H2. The Morgan fingerprint density at radius 3 is 2.35 bits per heavy atom. The first kappa shape index (κ1) is 18.8. The lowest BCUT2D eigenvalue weighted by molar-refractivity contribution is 0.120. The van der Waals surface area contributed by atoms with Crippen molar-refractivity contribution >= 4 is 10.0 Å². The second-order valence-corrected chi connectivity index (χ2v) is 7.97. The van der Waals surface area contributed by atoms with E-state index in [0.29, 0.717) is 31.7 Å². The van der Waals surface area contributed by atoms with Crippen LogP contribution in [0.4, 0.5) is 13.2 Å². The van der Waals surface area contributed by atoms with Gasteiger partial charge in [-0.15, -0.1) is 0 Å². The Hall–Kier alpha value is -1.97. The zero-order valence-electron chi connectivity index (χ0n) is 13.6. The van der Waals surface area contributed by atoms with Gasteiger partial charge in [0.2, 0.25) is 10.0 Å². The molecule has 1 fully saturated rings. The SMILES string of the molecule is O=S(=O)(NC1CCC(O)CC1)c1ccc(-c2ncc(F)cc2F)c(F)c1. The van der Waals surface area contributed by atoms with Gasteiger partial charge in [0.25, 0.3) is 0 Å². The predicted octanol–water partition coefficient (Wildman–Crippen LogP) is 2.75. The average molecular weight is 386 g/mol. The molecule has 0 radical (unpaired) electrons. The molecule has 1 heterocycles. The molecule has 3 rings (SSSR count). The van der Waals surface area contributed by atoms with E-state index in [2.05, 4.69) is 9.71 Å². The molecule has 2 N–H and O–H groups in total. The third kappa shape index (κ3) is 4.05. The number of hydrogen-bond acceptors (Lipinski definition) is 4. The molecule has 1 aromatic carbocycles. The molecule has 0 saturated heterocycles. The summed E-state index contributed by atoms with van der Waals surface area (Å²) < 4.78 is 68.4. The van der Waals surface area contributed by atoms with Gasteiger partial charge in [0.1, 0.15) is 17.3 Å². The van der Waals surface area contributed by atoms with E-state index < -0.39 is 39.3 Å². The van der Waals surface area contributed by atoms with Crippen molar-refractivity contribution in [3.05, 3.63) is 47.9 Å². The maximum Gasteiger partial charge on any atom is 0.240 e. The number of sulfonamides is 1. The van der Waals surface area contributed by atoms with Gasteiger partial charge in [-0.1, -0.05) is 0 Å². The summed E-state index contributed by atoms with van der Waals surface area (Å²) in [6, 6.07) is 3.26. The zero-order chi connectivity index (χ0) is 18.9. The number of aromatic nitrogens is 1. The third-order valence-corrected chi connectivity index (χ3v) is 5.85. The quantitative estimate of drug-likeness (QED) is 0.847. The molecule has 1 aliphatic rings. The maximum absolute atomic E-state index is 14.4. The highest BCUT2D eigenvalue weighted by molar-refractivity contribution is 7.89. The number of rotatable bonds is 4. The van der Waals surface area contributed by atoms with Crippen molar-refractivity contribution in [2.24, 2.45) is 0 Å². The van der Waals surface area contributed by atoms with E-state index in [-0.39, 0.29) is 16.5 Å². The van der Waals surface area contributed by atoms with E-state index in [9.17, 15) is 26.7 Å². The van der Waals surface area contributed by atoms with Crippen LogP contribution in [0.25, 0.3) is 11.3 Å². The molecule has 0 spiro atoms. The second-order valence-electron chi connectivity index (χ2n) is 6.25. The van der Waals surface area contributed by atoms with Crippen LogP contribution in [0.15, 0.2) is 35.4 Å². The van der Waals surface area contributed by atoms with Gasteiger partial charge in [-0.3, -0.25) is 4.98 Å². The van der Waals surface area contributed by atoms with Crippen LogP contribution in [0.1, 0.15) is 25.7 Å². The van der Waals surface area contributed by atoms with Crippen molar-refractivity contribution < 1.29 is 26.7 Å². The first-order chi connectivity index (χ1) is 12.3. The largest absolute Gasteiger partial charge is 0.393 e. The van der Waals surface area contributed by atoms with E-state index >= 15 is 0 Å². The lowest BCUT2D eigenvalue weighted by atomic mass is 9.94. The fraction of sp³-hybridized carbons (Fsp3) is 0.353. The Bertz CT molecular complexity index is 913. The summed E-state index contributed by atoms with van der Waals surface area (Å²) in [4.78, 5) is 3.22. The summed E-state index contributed by atoms with van der Waals surface area (Å²) in [6.45, 7) is 0. The molecule has 0 atom stereocenters. The van der Waals surface area contributed by atoms with E-state index in [1.165, 1.54) is 0 Å².